The summed E-state index contributed by atoms with van der Waals surface area (Å²) in [6, 6.07) is 4.18. The van der Waals surface area contributed by atoms with Crippen molar-refractivity contribution >= 4 is 11.8 Å². The Bertz CT molecular complexity index is 327. The van der Waals surface area contributed by atoms with Gasteiger partial charge in [0.25, 0.3) is 0 Å². The lowest BCUT2D eigenvalue weighted by atomic mass is 10.3. The molecule has 0 unspecified atom stereocenters. The Hall–Kier alpha value is -0.580. The lowest BCUT2D eigenvalue weighted by molar-refractivity contribution is 0.324. The van der Waals surface area contributed by atoms with Crippen LogP contribution in [-0.2, 0) is 6.54 Å². The molecule has 0 atom stereocenters. The average Bonchev–Trinajstić information content (AvgIpc) is 2.42. The van der Waals surface area contributed by atoms with Crippen LogP contribution in [0, 0.1) is 0 Å². The quantitative estimate of drug-likeness (QED) is 0.696. The summed E-state index contributed by atoms with van der Waals surface area (Å²) in [5.41, 5.74) is 1.31. The highest BCUT2D eigenvalue weighted by Crippen LogP contribution is 2.19. The molecular weight excluding hydrogens is 242 g/mol. The van der Waals surface area contributed by atoms with E-state index in [2.05, 4.69) is 42.0 Å². The molecule has 18 heavy (non-hydrogen) atoms. The molecule has 0 saturated carbocycles. The molecule has 1 aromatic heterocycles. The SMILES string of the molecule is CCNCc1cccnc1SCCN(CC)CC. The van der Waals surface area contributed by atoms with E-state index in [0.717, 1.165) is 38.5 Å². The first-order valence-electron chi connectivity index (χ1n) is 6.81. The van der Waals surface area contributed by atoms with Crippen LogP contribution < -0.4 is 5.32 Å². The topological polar surface area (TPSA) is 28.2 Å². The highest BCUT2D eigenvalue weighted by atomic mass is 32.2. The number of nitrogens with one attached hydrogen (secondary N) is 1. The van der Waals surface area contributed by atoms with E-state index >= 15 is 0 Å². The first-order valence-corrected chi connectivity index (χ1v) is 7.80. The van der Waals surface area contributed by atoms with Gasteiger partial charge in [-0.2, -0.15) is 0 Å². The highest BCUT2D eigenvalue weighted by molar-refractivity contribution is 7.99. The maximum Gasteiger partial charge on any atom is 0.100 e. The Labute approximate surface area is 115 Å². The summed E-state index contributed by atoms with van der Waals surface area (Å²) in [6.45, 7) is 11.9. The maximum atomic E-state index is 4.48. The minimum absolute atomic E-state index is 0.915. The number of pyridine rings is 1. The molecule has 1 aromatic rings. The molecule has 1 rings (SSSR count). The fourth-order valence-corrected chi connectivity index (χ4v) is 2.76. The van der Waals surface area contributed by atoms with Crippen LogP contribution in [0.4, 0.5) is 0 Å². The summed E-state index contributed by atoms with van der Waals surface area (Å²) in [6.07, 6.45) is 1.88. The van der Waals surface area contributed by atoms with Gasteiger partial charge in [-0.05, 0) is 31.3 Å². The van der Waals surface area contributed by atoms with Gasteiger partial charge in [0.05, 0.1) is 0 Å². The summed E-state index contributed by atoms with van der Waals surface area (Å²) >= 11 is 1.86. The maximum absolute atomic E-state index is 4.48. The Morgan fingerprint density at radius 1 is 1.28 bits per heavy atom. The molecule has 0 spiro atoms. The number of thioether (sulfide) groups is 1. The summed E-state index contributed by atoms with van der Waals surface area (Å²) in [7, 11) is 0. The zero-order valence-corrected chi connectivity index (χ0v) is 12.6. The van der Waals surface area contributed by atoms with Gasteiger partial charge in [0.2, 0.25) is 0 Å². The summed E-state index contributed by atoms with van der Waals surface area (Å²) < 4.78 is 0. The molecule has 4 heteroatoms. The van der Waals surface area contributed by atoms with Crippen molar-refractivity contribution in [2.45, 2.75) is 32.3 Å². The second-order valence-corrected chi connectivity index (χ2v) is 5.21. The van der Waals surface area contributed by atoms with Gasteiger partial charge >= 0.3 is 0 Å². The Balaban J connectivity index is 2.45. The van der Waals surface area contributed by atoms with Gasteiger partial charge in [-0.15, -0.1) is 11.8 Å². The predicted molar refractivity (Wildman–Crippen MR) is 80.1 cm³/mol. The van der Waals surface area contributed by atoms with Crippen molar-refractivity contribution in [3.05, 3.63) is 23.9 Å². The second kappa shape index (κ2) is 9.36. The van der Waals surface area contributed by atoms with Crippen molar-refractivity contribution < 1.29 is 0 Å². The first-order chi connectivity index (χ1) is 8.81. The lowest BCUT2D eigenvalue weighted by Crippen LogP contribution is -2.25. The summed E-state index contributed by atoms with van der Waals surface area (Å²) in [5, 5.41) is 4.53. The molecule has 1 N–H and O–H groups in total. The molecule has 0 aliphatic heterocycles. The third kappa shape index (κ3) is 5.38. The molecule has 102 valence electrons. The van der Waals surface area contributed by atoms with Crippen molar-refractivity contribution in [2.24, 2.45) is 0 Å². The van der Waals surface area contributed by atoms with Crippen molar-refractivity contribution in [1.82, 2.24) is 15.2 Å². The molecule has 0 aliphatic carbocycles. The zero-order chi connectivity index (χ0) is 13.2. The summed E-state index contributed by atoms with van der Waals surface area (Å²) in [4.78, 5) is 6.93. The summed E-state index contributed by atoms with van der Waals surface area (Å²) in [5.74, 6) is 1.11. The van der Waals surface area contributed by atoms with Crippen molar-refractivity contribution in [1.29, 1.82) is 0 Å². The average molecular weight is 267 g/mol. The van der Waals surface area contributed by atoms with Crippen LogP contribution in [0.25, 0.3) is 0 Å². The van der Waals surface area contributed by atoms with Gasteiger partial charge < -0.3 is 10.2 Å². The van der Waals surface area contributed by atoms with E-state index < -0.39 is 0 Å². The van der Waals surface area contributed by atoms with E-state index in [-0.39, 0.29) is 0 Å². The molecule has 1 heterocycles. The van der Waals surface area contributed by atoms with Gasteiger partial charge in [0.1, 0.15) is 5.03 Å². The largest absolute Gasteiger partial charge is 0.313 e. The fourth-order valence-electron chi connectivity index (χ4n) is 1.76. The van der Waals surface area contributed by atoms with E-state index in [1.165, 1.54) is 10.6 Å². The molecule has 0 fully saturated rings. The van der Waals surface area contributed by atoms with Crippen LogP contribution in [0.1, 0.15) is 26.3 Å². The van der Waals surface area contributed by atoms with Crippen LogP contribution in [0.15, 0.2) is 23.4 Å². The van der Waals surface area contributed by atoms with Gasteiger partial charge in [-0.3, -0.25) is 0 Å². The zero-order valence-electron chi connectivity index (χ0n) is 11.8. The minimum atomic E-state index is 0.915. The van der Waals surface area contributed by atoms with Crippen LogP contribution in [0.5, 0.6) is 0 Å². The van der Waals surface area contributed by atoms with Crippen LogP contribution in [0.2, 0.25) is 0 Å². The fraction of sp³-hybridized carbons (Fsp3) is 0.643. The number of hydrogen-bond acceptors (Lipinski definition) is 4. The minimum Gasteiger partial charge on any atom is -0.313 e. The smallest absolute Gasteiger partial charge is 0.100 e. The Kier molecular flexibility index (Phi) is 8.05. The number of hydrogen-bond donors (Lipinski definition) is 1. The Morgan fingerprint density at radius 2 is 2.06 bits per heavy atom. The first kappa shape index (κ1) is 15.5. The van der Waals surface area contributed by atoms with E-state index in [9.17, 15) is 0 Å². The number of nitrogens with zero attached hydrogens (tertiary/aromatic N) is 2. The lowest BCUT2D eigenvalue weighted by Gasteiger charge is -2.17. The van der Waals surface area contributed by atoms with E-state index in [1.807, 2.05) is 24.0 Å². The van der Waals surface area contributed by atoms with Crippen LogP contribution >= 0.6 is 11.8 Å². The van der Waals surface area contributed by atoms with Crippen LogP contribution in [-0.4, -0.2) is 41.8 Å². The predicted octanol–water partition coefficient (Wildman–Crippen LogP) is 2.63. The van der Waals surface area contributed by atoms with Crippen LogP contribution in [0.3, 0.4) is 0 Å². The normalized spacial score (nSPS) is 11.1. The molecular formula is C14H25N3S. The van der Waals surface area contributed by atoms with E-state index in [1.54, 1.807) is 0 Å². The molecule has 0 radical (unpaired) electrons. The van der Waals surface area contributed by atoms with Crippen molar-refractivity contribution in [3.63, 3.8) is 0 Å². The standard InChI is InChI=1S/C14H25N3S/c1-4-15-12-13-8-7-9-16-14(13)18-11-10-17(5-2)6-3/h7-9,15H,4-6,10-12H2,1-3H3. The third-order valence-electron chi connectivity index (χ3n) is 2.96. The molecule has 3 nitrogen and oxygen atoms in total. The van der Waals surface area contributed by atoms with Gasteiger partial charge in [0, 0.05) is 25.0 Å². The highest BCUT2D eigenvalue weighted by Gasteiger charge is 2.05. The van der Waals surface area contributed by atoms with Crippen molar-refractivity contribution in [2.75, 3.05) is 31.9 Å². The molecule has 0 aliphatic rings. The monoisotopic (exact) mass is 267 g/mol. The van der Waals surface area contributed by atoms with Gasteiger partial charge in [-0.1, -0.05) is 26.8 Å². The third-order valence-corrected chi connectivity index (χ3v) is 3.98. The van der Waals surface area contributed by atoms with Gasteiger partial charge in [-0.25, -0.2) is 4.98 Å². The van der Waals surface area contributed by atoms with Crippen molar-refractivity contribution in [3.8, 4) is 0 Å². The molecule has 0 bridgehead atoms. The number of rotatable bonds is 9. The van der Waals surface area contributed by atoms with Gasteiger partial charge in [0.15, 0.2) is 0 Å². The number of aromatic nitrogens is 1. The van der Waals surface area contributed by atoms with E-state index in [4.69, 9.17) is 0 Å². The molecule has 0 saturated heterocycles. The second-order valence-electron chi connectivity index (χ2n) is 4.12. The van der Waals surface area contributed by atoms with E-state index in [0.29, 0.717) is 0 Å². The Morgan fingerprint density at radius 3 is 2.72 bits per heavy atom. The molecule has 0 amide bonds. The molecule has 0 aromatic carbocycles.